The smallest absolute Gasteiger partial charge is 0.0653 e. The van der Waals surface area contributed by atoms with Gasteiger partial charge in [0.25, 0.3) is 0 Å². The number of halogens is 4. The zero-order chi connectivity index (χ0) is 13.1. The molecular weight excluding hydrogens is 358 g/mol. The molecule has 0 bridgehead atoms. The van der Waals surface area contributed by atoms with E-state index >= 15 is 0 Å². The van der Waals surface area contributed by atoms with Crippen molar-refractivity contribution in [2.45, 2.75) is 6.54 Å². The second-order valence-corrected chi connectivity index (χ2v) is 5.70. The van der Waals surface area contributed by atoms with E-state index in [2.05, 4.69) is 26.2 Å². The van der Waals surface area contributed by atoms with E-state index in [1.807, 2.05) is 12.1 Å². The largest absolute Gasteiger partial charge is 0.378 e. The van der Waals surface area contributed by atoms with Gasteiger partial charge in [0.2, 0.25) is 0 Å². The van der Waals surface area contributed by atoms with Crippen LogP contribution in [0.2, 0.25) is 15.1 Å². The van der Waals surface area contributed by atoms with Crippen LogP contribution < -0.4 is 5.32 Å². The average Bonchev–Trinajstić information content (AvgIpc) is 2.34. The van der Waals surface area contributed by atoms with E-state index in [4.69, 9.17) is 34.8 Å². The molecule has 0 amide bonds. The molecule has 2 nitrogen and oxygen atoms in total. The molecule has 1 aromatic carbocycles. The molecule has 6 heteroatoms. The van der Waals surface area contributed by atoms with Gasteiger partial charge in [-0.2, -0.15) is 0 Å². The molecule has 0 aliphatic carbocycles. The van der Waals surface area contributed by atoms with Crippen molar-refractivity contribution in [2.24, 2.45) is 0 Å². The maximum atomic E-state index is 6.06. The molecule has 1 heterocycles. The molecule has 0 spiro atoms. The Labute approximate surface area is 128 Å². The molecule has 1 N–H and O–H groups in total. The van der Waals surface area contributed by atoms with Crippen LogP contribution in [0.1, 0.15) is 5.69 Å². The van der Waals surface area contributed by atoms with Gasteiger partial charge in [-0.15, -0.1) is 0 Å². The second kappa shape index (κ2) is 6.11. The van der Waals surface area contributed by atoms with Crippen LogP contribution in [0.15, 0.2) is 34.9 Å². The minimum atomic E-state index is 0.439. The number of aromatic nitrogens is 1. The summed E-state index contributed by atoms with van der Waals surface area (Å²) in [7, 11) is 0. The number of nitrogens with zero attached hydrogens (tertiary/aromatic N) is 1. The number of hydrogen-bond donors (Lipinski definition) is 1. The molecule has 0 saturated heterocycles. The van der Waals surface area contributed by atoms with Gasteiger partial charge in [0.15, 0.2) is 0 Å². The minimum absolute atomic E-state index is 0.439. The fourth-order valence-corrected chi connectivity index (χ4v) is 2.20. The molecule has 2 rings (SSSR count). The number of nitrogens with one attached hydrogen (secondary N) is 1. The lowest BCUT2D eigenvalue weighted by atomic mass is 10.3. The van der Waals surface area contributed by atoms with Gasteiger partial charge in [0.1, 0.15) is 0 Å². The van der Waals surface area contributed by atoms with Crippen molar-refractivity contribution in [3.05, 3.63) is 55.7 Å². The van der Waals surface area contributed by atoms with Crippen molar-refractivity contribution in [3.8, 4) is 0 Å². The molecule has 0 fully saturated rings. The zero-order valence-electron chi connectivity index (χ0n) is 9.05. The Morgan fingerprint density at radius 3 is 2.44 bits per heavy atom. The van der Waals surface area contributed by atoms with E-state index in [0.717, 1.165) is 15.9 Å². The third kappa shape index (κ3) is 3.51. The van der Waals surface area contributed by atoms with Crippen LogP contribution in [0.3, 0.4) is 0 Å². The quantitative estimate of drug-likeness (QED) is 0.734. The van der Waals surface area contributed by atoms with Crippen molar-refractivity contribution in [1.82, 2.24) is 4.98 Å². The predicted molar refractivity (Wildman–Crippen MR) is 80.7 cm³/mol. The Bertz CT molecular complexity index is 558. The SMILES string of the molecule is Clc1cc(Cl)c(NCc2ccc(Br)cn2)cc1Cl. The summed E-state index contributed by atoms with van der Waals surface area (Å²) in [5.74, 6) is 0. The van der Waals surface area contributed by atoms with E-state index in [-0.39, 0.29) is 0 Å². The summed E-state index contributed by atoms with van der Waals surface area (Å²) in [5, 5.41) is 4.60. The Kier molecular flexibility index (Phi) is 4.73. The van der Waals surface area contributed by atoms with Crippen molar-refractivity contribution in [2.75, 3.05) is 5.32 Å². The van der Waals surface area contributed by atoms with Crippen molar-refractivity contribution >= 4 is 56.4 Å². The van der Waals surface area contributed by atoms with E-state index in [0.29, 0.717) is 21.6 Å². The summed E-state index contributed by atoms with van der Waals surface area (Å²) >= 11 is 21.2. The Balaban J connectivity index is 2.10. The molecule has 0 unspecified atom stereocenters. The molecule has 2 aromatic rings. The Morgan fingerprint density at radius 2 is 1.78 bits per heavy atom. The molecule has 0 radical (unpaired) electrons. The first-order valence-electron chi connectivity index (χ1n) is 5.05. The number of hydrogen-bond acceptors (Lipinski definition) is 2. The standard InChI is InChI=1S/C12H8BrCl3N2/c13-7-1-2-8(17-5-7)6-18-12-4-10(15)9(14)3-11(12)16/h1-5,18H,6H2. The van der Waals surface area contributed by atoms with Crippen LogP contribution in [0.25, 0.3) is 0 Å². The summed E-state index contributed by atoms with van der Waals surface area (Å²) in [6.45, 7) is 0.560. The van der Waals surface area contributed by atoms with Crippen molar-refractivity contribution in [1.29, 1.82) is 0 Å². The van der Waals surface area contributed by atoms with Crippen LogP contribution in [-0.4, -0.2) is 4.98 Å². The van der Waals surface area contributed by atoms with Crippen LogP contribution in [-0.2, 0) is 6.54 Å². The molecule has 94 valence electrons. The summed E-state index contributed by atoms with van der Waals surface area (Å²) in [5.41, 5.74) is 1.64. The van der Waals surface area contributed by atoms with Crippen LogP contribution in [0.5, 0.6) is 0 Å². The lowest BCUT2D eigenvalue weighted by Gasteiger charge is -2.09. The normalized spacial score (nSPS) is 10.4. The molecule has 0 atom stereocenters. The fourth-order valence-electron chi connectivity index (χ4n) is 1.35. The van der Waals surface area contributed by atoms with Crippen LogP contribution in [0, 0.1) is 0 Å². The molecule has 18 heavy (non-hydrogen) atoms. The van der Waals surface area contributed by atoms with E-state index in [9.17, 15) is 0 Å². The van der Waals surface area contributed by atoms with E-state index in [1.54, 1.807) is 18.3 Å². The first-order valence-corrected chi connectivity index (χ1v) is 6.98. The summed E-state index contributed by atoms with van der Waals surface area (Å²) in [4.78, 5) is 4.25. The highest BCUT2D eigenvalue weighted by molar-refractivity contribution is 9.10. The first kappa shape index (κ1) is 13.9. The fraction of sp³-hybridized carbons (Fsp3) is 0.0833. The molecule has 0 saturated carbocycles. The first-order chi connectivity index (χ1) is 8.56. The maximum absolute atomic E-state index is 6.06. The van der Waals surface area contributed by atoms with Gasteiger partial charge in [-0.3, -0.25) is 4.98 Å². The van der Waals surface area contributed by atoms with Gasteiger partial charge in [-0.25, -0.2) is 0 Å². The molecular formula is C12H8BrCl3N2. The summed E-state index contributed by atoms with van der Waals surface area (Å²) in [6.07, 6.45) is 1.74. The number of pyridine rings is 1. The summed E-state index contributed by atoms with van der Waals surface area (Å²) < 4.78 is 0.943. The third-order valence-corrected chi connectivity index (χ3v) is 3.76. The van der Waals surface area contributed by atoms with Gasteiger partial charge in [-0.05, 0) is 40.2 Å². The lowest BCUT2D eigenvalue weighted by molar-refractivity contribution is 1.04. The Hall–Kier alpha value is -0.480. The summed E-state index contributed by atoms with van der Waals surface area (Å²) in [6, 6.07) is 7.16. The van der Waals surface area contributed by atoms with Gasteiger partial charge in [0, 0.05) is 10.7 Å². The third-order valence-electron chi connectivity index (χ3n) is 2.26. The van der Waals surface area contributed by atoms with Gasteiger partial charge in [-0.1, -0.05) is 34.8 Å². The molecule has 0 aliphatic rings. The topological polar surface area (TPSA) is 24.9 Å². The number of anilines is 1. The maximum Gasteiger partial charge on any atom is 0.0653 e. The Morgan fingerprint density at radius 1 is 1.06 bits per heavy atom. The highest BCUT2D eigenvalue weighted by Crippen LogP contribution is 2.32. The molecule has 1 aromatic heterocycles. The number of rotatable bonds is 3. The molecule has 0 aliphatic heterocycles. The van der Waals surface area contributed by atoms with E-state index < -0.39 is 0 Å². The lowest BCUT2D eigenvalue weighted by Crippen LogP contribution is -2.01. The van der Waals surface area contributed by atoms with Crippen LogP contribution in [0.4, 0.5) is 5.69 Å². The monoisotopic (exact) mass is 364 g/mol. The second-order valence-electron chi connectivity index (χ2n) is 3.57. The highest BCUT2D eigenvalue weighted by atomic mass is 79.9. The zero-order valence-corrected chi connectivity index (χ0v) is 12.9. The number of benzene rings is 1. The van der Waals surface area contributed by atoms with Gasteiger partial charge >= 0.3 is 0 Å². The predicted octanol–water partition coefficient (Wildman–Crippen LogP) is 5.42. The highest BCUT2D eigenvalue weighted by Gasteiger charge is 2.05. The van der Waals surface area contributed by atoms with Crippen molar-refractivity contribution in [3.63, 3.8) is 0 Å². The van der Waals surface area contributed by atoms with Gasteiger partial charge < -0.3 is 5.32 Å². The van der Waals surface area contributed by atoms with Crippen LogP contribution >= 0.6 is 50.7 Å². The minimum Gasteiger partial charge on any atom is -0.378 e. The average molecular weight is 366 g/mol. The van der Waals surface area contributed by atoms with Gasteiger partial charge in [0.05, 0.1) is 33.0 Å². The van der Waals surface area contributed by atoms with Crippen molar-refractivity contribution < 1.29 is 0 Å². The van der Waals surface area contributed by atoms with E-state index in [1.165, 1.54) is 0 Å².